The molecule has 1 aromatic carbocycles. The van der Waals surface area contributed by atoms with Crippen LogP contribution in [0.25, 0.3) is 0 Å². The predicted octanol–water partition coefficient (Wildman–Crippen LogP) is -1.14. The third-order valence-electron chi connectivity index (χ3n) is 5.40. The fraction of sp³-hybridized carbons (Fsp3) is 0.647. The smallest absolute Gasteiger partial charge is 0.243 e. The van der Waals surface area contributed by atoms with E-state index in [0.29, 0.717) is 32.1 Å². The van der Waals surface area contributed by atoms with Crippen molar-refractivity contribution in [1.82, 2.24) is 4.31 Å². The molecule has 0 radical (unpaired) electrons. The van der Waals surface area contributed by atoms with Crippen molar-refractivity contribution in [2.24, 2.45) is 0 Å². The molecular formula is C17H27N2O5S2+. The van der Waals surface area contributed by atoms with Crippen LogP contribution in [-0.4, -0.2) is 76.1 Å². The monoisotopic (exact) mass is 403 g/mol. The summed E-state index contributed by atoms with van der Waals surface area (Å²) in [6.07, 6.45) is -0.860. The summed E-state index contributed by atoms with van der Waals surface area (Å²) in [5, 5.41) is 10.0. The topological polar surface area (TPSA) is 96.2 Å². The number of quaternary nitrogens is 1. The Labute approximate surface area is 155 Å². The lowest BCUT2D eigenvalue weighted by atomic mass is 10.0. The minimum absolute atomic E-state index is 0.0209. The van der Waals surface area contributed by atoms with Crippen LogP contribution in [0.5, 0.6) is 0 Å². The molecule has 7 nitrogen and oxygen atoms in total. The van der Waals surface area contributed by atoms with Gasteiger partial charge in [-0.05, 0) is 23.6 Å². The minimum Gasteiger partial charge on any atom is -0.386 e. The summed E-state index contributed by atoms with van der Waals surface area (Å²) in [4.78, 5) is 1.26. The molecule has 26 heavy (non-hydrogen) atoms. The second-order valence-corrected chi connectivity index (χ2v) is 11.6. The lowest BCUT2D eigenvalue weighted by Crippen LogP contribution is -3.19. The Morgan fingerprint density at radius 1 is 1.12 bits per heavy atom. The van der Waals surface area contributed by atoms with Gasteiger partial charge in [0.25, 0.3) is 0 Å². The van der Waals surface area contributed by atoms with E-state index in [9.17, 15) is 21.9 Å². The zero-order chi connectivity index (χ0) is 19.1. The molecule has 0 aliphatic carbocycles. The molecule has 2 saturated heterocycles. The highest BCUT2D eigenvalue weighted by Crippen LogP contribution is 2.20. The fourth-order valence-electron chi connectivity index (χ4n) is 3.78. The van der Waals surface area contributed by atoms with E-state index in [2.05, 4.69) is 13.8 Å². The van der Waals surface area contributed by atoms with Crippen LogP contribution in [0.4, 0.5) is 0 Å². The van der Waals surface area contributed by atoms with Gasteiger partial charge in [0.05, 0.1) is 36.8 Å². The predicted molar refractivity (Wildman–Crippen MR) is 98.4 cm³/mol. The maximum absolute atomic E-state index is 12.8. The molecule has 2 fully saturated rings. The highest BCUT2D eigenvalue weighted by Gasteiger charge is 2.44. The Morgan fingerprint density at radius 2 is 1.69 bits per heavy atom. The molecule has 2 heterocycles. The number of piperazine rings is 1. The first-order valence-electron chi connectivity index (χ1n) is 8.93. The molecular weight excluding hydrogens is 376 g/mol. The van der Waals surface area contributed by atoms with Crippen LogP contribution in [0, 0.1) is 0 Å². The van der Waals surface area contributed by atoms with Gasteiger partial charge in [0.1, 0.15) is 17.9 Å². The zero-order valence-electron chi connectivity index (χ0n) is 15.1. The van der Waals surface area contributed by atoms with E-state index in [0.717, 1.165) is 10.5 Å². The zero-order valence-corrected chi connectivity index (χ0v) is 16.8. The molecule has 0 spiro atoms. The van der Waals surface area contributed by atoms with Gasteiger partial charge in [0.15, 0.2) is 9.84 Å². The number of sulfone groups is 1. The van der Waals surface area contributed by atoms with E-state index in [1.54, 1.807) is 12.1 Å². The summed E-state index contributed by atoms with van der Waals surface area (Å²) in [6.45, 7) is 5.77. The molecule has 0 aromatic heterocycles. The van der Waals surface area contributed by atoms with Crippen molar-refractivity contribution >= 4 is 19.9 Å². The number of hydrogen-bond acceptors (Lipinski definition) is 5. The van der Waals surface area contributed by atoms with E-state index in [1.165, 1.54) is 4.31 Å². The van der Waals surface area contributed by atoms with Crippen molar-refractivity contribution in [3.05, 3.63) is 29.8 Å². The van der Waals surface area contributed by atoms with Crippen LogP contribution in [0.15, 0.2) is 29.2 Å². The molecule has 2 aliphatic heterocycles. The molecule has 1 aromatic rings. The van der Waals surface area contributed by atoms with Gasteiger partial charge in [0, 0.05) is 0 Å². The normalized spacial score (nSPS) is 27.8. The van der Waals surface area contributed by atoms with Crippen molar-refractivity contribution in [1.29, 1.82) is 0 Å². The average molecular weight is 404 g/mol. The first kappa shape index (κ1) is 19.8. The molecule has 2 N–H and O–H groups in total. The van der Waals surface area contributed by atoms with Gasteiger partial charge in [-0.3, -0.25) is 0 Å². The molecule has 146 valence electrons. The van der Waals surface area contributed by atoms with Crippen LogP contribution in [0.2, 0.25) is 0 Å². The van der Waals surface area contributed by atoms with E-state index in [-0.39, 0.29) is 22.4 Å². The molecule has 2 atom stereocenters. The number of nitrogens with one attached hydrogen (secondary N) is 1. The summed E-state index contributed by atoms with van der Waals surface area (Å²) >= 11 is 0. The molecule has 0 unspecified atom stereocenters. The molecule has 0 amide bonds. The first-order chi connectivity index (χ1) is 12.1. The first-order valence-corrected chi connectivity index (χ1v) is 12.2. The van der Waals surface area contributed by atoms with Gasteiger partial charge in [-0.2, -0.15) is 4.31 Å². The Morgan fingerprint density at radius 3 is 2.15 bits per heavy atom. The van der Waals surface area contributed by atoms with Gasteiger partial charge in [-0.1, -0.05) is 26.0 Å². The minimum atomic E-state index is -3.55. The van der Waals surface area contributed by atoms with E-state index >= 15 is 0 Å². The highest BCUT2D eigenvalue weighted by molar-refractivity contribution is 7.91. The highest BCUT2D eigenvalue weighted by atomic mass is 32.2. The third kappa shape index (κ3) is 3.96. The summed E-state index contributed by atoms with van der Waals surface area (Å²) in [5.41, 5.74) is 1.09. The lowest BCUT2D eigenvalue weighted by Gasteiger charge is -2.35. The molecule has 2 aliphatic rings. The van der Waals surface area contributed by atoms with Crippen molar-refractivity contribution < 1.29 is 26.8 Å². The van der Waals surface area contributed by atoms with Crippen LogP contribution in [0.3, 0.4) is 0 Å². The van der Waals surface area contributed by atoms with Crippen molar-refractivity contribution in [3.8, 4) is 0 Å². The lowest BCUT2D eigenvalue weighted by molar-refractivity contribution is -0.928. The number of aliphatic hydroxyl groups is 1. The summed E-state index contributed by atoms with van der Waals surface area (Å²) in [6, 6.07) is 6.64. The summed E-state index contributed by atoms with van der Waals surface area (Å²) < 4.78 is 50.5. The fourth-order valence-corrected chi connectivity index (χ4v) is 7.11. The standard InChI is InChI=1S/C17H26N2O5S2/c1-13(2)14-3-5-15(6-4-14)26(23,24)19-9-7-18(8-10-19)16-11-25(21,22)12-17(16)20/h3-6,13,16-17,20H,7-12H2,1-2H3/p+1/t16-,17-/m0/s1. The molecule has 9 heteroatoms. The number of hydrogen-bond donors (Lipinski definition) is 2. The van der Waals surface area contributed by atoms with Crippen molar-refractivity contribution in [3.63, 3.8) is 0 Å². The number of nitrogens with zero attached hydrogens (tertiary/aromatic N) is 1. The van der Waals surface area contributed by atoms with Gasteiger partial charge in [-0.15, -0.1) is 0 Å². The van der Waals surface area contributed by atoms with E-state index in [4.69, 9.17) is 0 Å². The molecule has 3 rings (SSSR count). The largest absolute Gasteiger partial charge is 0.386 e. The molecule has 0 bridgehead atoms. The third-order valence-corrected chi connectivity index (χ3v) is 9.03. The summed E-state index contributed by atoms with van der Waals surface area (Å²) in [5.74, 6) is 0.131. The van der Waals surface area contributed by atoms with Crippen LogP contribution < -0.4 is 4.90 Å². The number of benzene rings is 1. The Balaban J connectivity index is 1.67. The van der Waals surface area contributed by atoms with Gasteiger partial charge in [0.2, 0.25) is 10.0 Å². The average Bonchev–Trinajstić information content (AvgIpc) is 2.87. The number of aliphatic hydroxyl groups excluding tert-OH is 1. The Hall–Kier alpha value is -1.00. The SMILES string of the molecule is CC(C)c1ccc(S(=O)(=O)N2CC[NH+]([C@H]3CS(=O)(=O)C[C@@H]3O)CC2)cc1. The number of rotatable bonds is 4. The second-order valence-electron chi connectivity index (χ2n) is 7.54. The quantitative estimate of drug-likeness (QED) is 0.662. The van der Waals surface area contributed by atoms with Gasteiger partial charge < -0.3 is 10.0 Å². The van der Waals surface area contributed by atoms with E-state index < -0.39 is 26.0 Å². The Kier molecular flexibility index (Phi) is 5.47. The van der Waals surface area contributed by atoms with Crippen LogP contribution >= 0.6 is 0 Å². The van der Waals surface area contributed by atoms with Crippen molar-refractivity contribution in [2.45, 2.75) is 36.8 Å². The summed E-state index contributed by atoms with van der Waals surface area (Å²) in [7, 11) is -6.74. The number of sulfonamides is 1. The van der Waals surface area contributed by atoms with Gasteiger partial charge >= 0.3 is 0 Å². The van der Waals surface area contributed by atoms with Crippen LogP contribution in [-0.2, 0) is 19.9 Å². The van der Waals surface area contributed by atoms with E-state index in [1.807, 2.05) is 12.1 Å². The van der Waals surface area contributed by atoms with Gasteiger partial charge in [-0.25, -0.2) is 16.8 Å². The maximum atomic E-state index is 12.8. The van der Waals surface area contributed by atoms with Crippen molar-refractivity contribution in [2.75, 3.05) is 37.7 Å². The molecule has 0 saturated carbocycles. The second kappa shape index (κ2) is 7.20. The Bertz CT molecular complexity index is 842. The van der Waals surface area contributed by atoms with Crippen LogP contribution in [0.1, 0.15) is 25.3 Å². The maximum Gasteiger partial charge on any atom is 0.243 e.